The van der Waals surface area contributed by atoms with Gasteiger partial charge in [0.2, 0.25) is 0 Å². The number of aryl methyl sites for hydroxylation is 1. The van der Waals surface area contributed by atoms with Crippen molar-refractivity contribution >= 4 is 28.4 Å². The number of fused-ring (bicyclic) bond motifs is 1. The fourth-order valence-corrected chi connectivity index (χ4v) is 2.25. The molecule has 0 aliphatic carbocycles. The molecule has 10 heteroatoms. The van der Waals surface area contributed by atoms with Crippen LogP contribution >= 0.6 is 0 Å². The monoisotopic (exact) mass is 316 g/mol. The summed E-state index contributed by atoms with van der Waals surface area (Å²) in [4.78, 5) is 42.6. The predicted molar refractivity (Wildman–Crippen MR) is 81.2 cm³/mol. The summed E-state index contributed by atoms with van der Waals surface area (Å²) in [6, 6.07) is 4.87. The molecule has 0 spiro atoms. The van der Waals surface area contributed by atoms with Crippen molar-refractivity contribution in [1.82, 2.24) is 19.5 Å². The molecule has 10 nitrogen and oxygen atoms in total. The van der Waals surface area contributed by atoms with Crippen molar-refractivity contribution in [3.8, 4) is 0 Å². The summed E-state index contributed by atoms with van der Waals surface area (Å²) in [5.41, 5.74) is 1.30. The molecule has 0 unspecified atom stereocenters. The number of nitrogens with zero attached hydrogens (tertiary/aromatic N) is 3. The number of rotatable bonds is 4. The maximum atomic E-state index is 12.1. The highest BCUT2D eigenvalue weighted by Gasteiger charge is 2.20. The van der Waals surface area contributed by atoms with Crippen LogP contribution in [0.15, 0.2) is 29.2 Å². The van der Waals surface area contributed by atoms with E-state index in [1.54, 1.807) is 25.1 Å². The van der Waals surface area contributed by atoms with Crippen LogP contribution in [0.5, 0.6) is 0 Å². The fraction of sp³-hybridized carbons (Fsp3) is 0.154. The van der Waals surface area contributed by atoms with Crippen LogP contribution in [0.25, 0.3) is 11.0 Å². The number of carbonyl (C=O) groups excluding carboxylic acids is 1. The summed E-state index contributed by atoms with van der Waals surface area (Å²) in [5.74, 6) is -0.313. The van der Waals surface area contributed by atoms with Crippen molar-refractivity contribution in [3.05, 3.63) is 50.8 Å². The molecular weight excluding hydrogens is 304 g/mol. The maximum Gasteiger partial charge on any atom is 0.343 e. The van der Waals surface area contributed by atoms with Crippen LogP contribution in [0.4, 0.5) is 11.5 Å². The molecule has 1 aromatic carbocycles. The zero-order valence-electron chi connectivity index (χ0n) is 12.0. The van der Waals surface area contributed by atoms with E-state index in [9.17, 15) is 19.7 Å². The Bertz CT molecular complexity index is 966. The summed E-state index contributed by atoms with van der Waals surface area (Å²) < 4.78 is 1.21. The first-order chi connectivity index (χ1) is 10.9. The number of benzene rings is 1. The second kappa shape index (κ2) is 5.40. The average Bonchev–Trinajstić information content (AvgIpc) is 3.01. The molecule has 0 radical (unpaired) electrons. The molecule has 0 bridgehead atoms. The van der Waals surface area contributed by atoms with Gasteiger partial charge in [0.25, 0.3) is 5.91 Å². The van der Waals surface area contributed by atoms with E-state index in [1.165, 1.54) is 4.57 Å². The van der Waals surface area contributed by atoms with Gasteiger partial charge in [0.15, 0.2) is 12.4 Å². The fourth-order valence-electron chi connectivity index (χ4n) is 2.25. The third kappa shape index (κ3) is 2.81. The Morgan fingerprint density at radius 3 is 2.87 bits per heavy atom. The molecule has 2 aromatic heterocycles. The van der Waals surface area contributed by atoms with Crippen molar-refractivity contribution in [3.63, 3.8) is 0 Å². The lowest BCUT2D eigenvalue weighted by Crippen LogP contribution is -2.20. The Kier molecular flexibility index (Phi) is 3.41. The van der Waals surface area contributed by atoms with Gasteiger partial charge < -0.3 is 25.4 Å². The van der Waals surface area contributed by atoms with E-state index in [0.29, 0.717) is 22.5 Å². The minimum Gasteiger partial charge on any atom is -0.358 e. The van der Waals surface area contributed by atoms with E-state index in [0.717, 1.165) is 6.20 Å². The van der Waals surface area contributed by atoms with Gasteiger partial charge >= 0.3 is 11.5 Å². The number of hydrogen-bond donors (Lipinski definition) is 3. The van der Waals surface area contributed by atoms with E-state index in [-0.39, 0.29) is 18.1 Å². The molecule has 0 saturated heterocycles. The van der Waals surface area contributed by atoms with Gasteiger partial charge in [-0.05, 0) is 23.1 Å². The van der Waals surface area contributed by atoms with E-state index in [1.807, 2.05) is 0 Å². The quantitative estimate of drug-likeness (QED) is 0.485. The summed E-state index contributed by atoms with van der Waals surface area (Å²) in [6.07, 6.45) is 1.11. The van der Waals surface area contributed by atoms with Crippen LogP contribution < -0.4 is 11.0 Å². The Labute approximate surface area is 128 Å². The standard InChI is InChI=1S/C13H12N6O4/c1-7-14-5-12(19(22)23)18(7)6-11(20)15-8-2-3-9-10(4-8)17-13(21)16-9/h2-5H,6H2,1H3,(H,15,20)(H2,16,17,21). The van der Waals surface area contributed by atoms with Gasteiger partial charge in [0, 0.05) is 12.6 Å². The lowest BCUT2D eigenvalue weighted by molar-refractivity contribution is -0.392. The second-order valence-corrected chi connectivity index (χ2v) is 4.89. The van der Waals surface area contributed by atoms with Crippen LogP contribution in [0.3, 0.4) is 0 Å². The van der Waals surface area contributed by atoms with Gasteiger partial charge in [-0.25, -0.2) is 14.3 Å². The molecule has 3 rings (SSSR count). The minimum absolute atomic E-state index is 0.232. The maximum absolute atomic E-state index is 12.1. The molecule has 3 aromatic rings. The minimum atomic E-state index is -0.593. The average molecular weight is 316 g/mol. The van der Waals surface area contributed by atoms with Crippen LogP contribution in [0, 0.1) is 17.0 Å². The number of carbonyl (C=O) groups is 1. The molecule has 1 amide bonds. The molecule has 0 fully saturated rings. The number of hydrogen-bond acceptors (Lipinski definition) is 5. The third-order valence-corrected chi connectivity index (χ3v) is 3.32. The molecule has 2 heterocycles. The van der Waals surface area contributed by atoms with Gasteiger partial charge in [-0.15, -0.1) is 0 Å². The number of nitrogens with one attached hydrogen (secondary N) is 3. The van der Waals surface area contributed by atoms with Gasteiger partial charge in [0.1, 0.15) is 6.20 Å². The lowest BCUT2D eigenvalue weighted by atomic mass is 10.2. The Hall–Kier alpha value is -3.43. The zero-order valence-corrected chi connectivity index (χ0v) is 12.0. The van der Waals surface area contributed by atoms with E-state index < -0.39 is 10.8 Å². The van der Waals surface area contributed by atoms with Gasteiger partial charge in [-0.1, -0.05) is 0 Å². The van der Waals surface area contributed by atoms with E-state index >= 15 is 0 Å². The van der Waals surface area contributed by atoms with Crippen LogP contribution in [-0.4, -0.2) is 30.3 Å². The first-order valence-electron chi connectivity index (χ1n) is 6.62. The molecule has 23 heavy (non-hydrogen) atoms. The molecular formula is C13H12N6O4. The summed E-state index contributed by atoms with van der Waals surface area (Å²) in [5, 5.41) is 13.5. The van der Waals surface area contributed by atoms with Crippen molar-refractivity contribution in [2.24, 2.45) is 0 Å². The smallest absolute Gasteiger partial charge is 0.343 e. The second-order valence-electron chi connectivity index (χ2n) is 4.89. The number of imidazole rings is 2. The van der Waals surface area contributed by atoms with E-state index in [4.69, 9.17) is 0 Å². The topological polar surface area (TPSA) is 139 Å². The molecule has 3 N–H and O–H groups in total. The molecule has 0 atom stereocenters. The first-order valence-corrected chi connectivity index (χ1v) is 6.62. The molecule has 0 aliphatic heterocycles. The number of aromatic amines is 2. The number of amides is 1. The zero-order chi connectivity index (χ0) is 16.6. The number of anilines is 1. The highest BCUT2D eigenvalue weighted by molar-refractivity contribution is 5.93. The highest BCUT2D eigenvalue weighted by Crippen LogP contribution is 2.16. The highest BCUT2D eigenvalue weighted by atomic mass is 16.6. The first kappa shape index (κ1) is 14.5. The Morgan fingerprint density at radius 1 is 1.39 bits per heavy atom. The predicted octanol–water partition coefficient (Wildman–Crippen LogP) is 0.908. The largest absolute Gasteiger partial charge is 0.358 e. The normalized spacial score (nSPS) is 10.8. The Balaban J connectivity index is 1.79. The number of aromatic nitrogens is 4. The van der Waals surface area contributed by atoms with Gasteiger partial charge in [-0.2, -0.15) is 0 Å². The molecule has 0 aliphatic rings. The van der Waals surface area contributed by atoms with Crippen LogP contribution in [0.1, 0.15) is 5.82 Å². The molecule has 118 valence electrons. The van der Waals surface area contributed by atoms with Crippen molar-refractivity contribution in [1.29, 1.82) is 0 Å². The number of H-pyrrole nitrogens is 2. The van der Waals surface area contributed by atoms with Crippen molar-refractivity contribution < 1.29 is 9.72 Å². The summed E-state index contributed by atoms with van der Waals surface area (Å²) >= 11 is 0. The van der Waals surface area contributed by atoms with Gasteiger partial charge in [-0.3, -0.25) is 4.79 Å². The Morgan fingerprint density at radius 2 is 2.13 bits per heavy atom. The van der Waals surface area contributed by atoms with Crippen molar-refractivity contribution in [2.45, 2.75) is 13.5 Å². The van der Waals surface area contributed by atoms with Gasteiger partial charge in [0.05, 0.1) is 11.0 Å². The molecule has 0 saturated carbocycles. The van der Waals surface area contributed by atoms with Crippen LogP contribution in [0.2, 0.25) is 0 Å². The SMILES string of the molecule is Cc1ncc([N+](=O)[O-])n1CC(=O)Nc1ccc2[nH]c(=O)[nH]c2c1. The number of nitro groups is 1. The van der Waals surface area contributed by atoms with Crippen LogP contribution in [-0.2, 0) is 11.3 Å². The lowest BCUT2D eigenvalue weighted by Gasteiger charge is -2.05. The third-order valence-electron chi connectivity index (χ3n) is 3.32. The van der Waals surface area contributed by atoms with E-state index in [2.05, 4.69) is 20.3 Å². The van der Waals surface area contributed by atoms with Crippen molar-refractivity contribution in [2.75, 3.05) is 5.32 Å². The summed E-state index contributed by atoms with van der Waals surface area (Å²) in [7, 11) is 0. The summed E-state index contributed by atoms with van der Waals surface area (Å²) in [6.45, 7) is 1.35.